The van der Waals surface area contributed by atoms with E-state index in [2.05, 4.69) is 35.5 Å². The fourth-order valence-corrected chi connectivity index (χ4v) is 2.30. The summed E-state index contributed by atoms with van der Waals surface area (Å²) >= 11 is 0. The fraction of sp³-hybridized carbons (Fsp3) is 0.538. The van der Waals surface area contributed by atoms with Gasteiger partial charge >= 0.3 is 0 Å². The van der Waals surface area contributed by atoms with Gasteiger partial charge in [-0.05, 0) is 25.0 Å². The van der Waals surface area contributed by atoms with E-state index in [0.717, 1.165) is 36.5 Å². The van der Waals surface area contributed by atoms with Crippen molar-refractivity contribution in [2.45, 2.75) is 39.3 Å². The molecule has 0 aliphatic heterocycles. The van der Waals surface area contributed by atoms with E-state index in [1.54, 1.807) is 0 Å². The molecule has 2 rings (SSSR count). The zero-order valence-corrected chi connectivity index (χ0v) is 11.8. The minimum Gasteiger partial charge on any atom is -0.270 e. The van der Waals surface area contributed by atoms with E-state index in [1.165, 1.54) is 0 Å². The summed E-state index contributed by atoms with van der Waals surface area (Å²) in [5, 5.41) is 8.82. The Kier molecular flexibility index (Phi) is 4.34. The van der Waals surface area contributed by atoms with Gasteiger partial charge in [0.1, 0.15) is 6.04 Å². The molecule has 2 aromatic heterocycles. The molecule has 2 heterocycles. The number of rotatable bonds is 6. The van der Waals surface area contributed by atoms with Gasteiger partial charge in [0.2, 0.25) is 0 Å². The van der Waals surface area contributed by atoms with Gasteiger partial charge in [0.25, 0.3) is 0 Å². The van der Waals surface area contributed by atoms with E-state index in [0.29, 0.717) is 0 Å². The van der Waals surface area contributed by atoms with Crippen molar-refractivity contribution in [1.29, 1.82) is 0 Å². The van der Waals surface area contributed by atoms with E-state index in [-0.39, 0.29) is 6.04 Å². The number of nitrogens with zero attached hydrogens (tertiary/aromatic N) is 4. The Hall–Kier alpha value is -1.66. The molecule has 0 spiro atoms. The summed E-state index contributed by atoms with van der Waals surface area (Å²) in [6.45, 7) is 5.12. The molecule has 6 nitrogen and oxygen atoms in total. The van der Waals surface area contributed by atoms with Crippen LogP contribution in [0.3, 0.4) is 0 Å². The predicted octanol–water partition coefficient (Wildman–Crippen LogP) is 1.14. The second-order valence-corrected chi connectivity index (χ2v) is 4.62. The van der Waals surface area contributed by atoms with Crippen LogP contribution < -0.4 is 11.3 Å². The molecule has 0 amide bonds. The first kappa shape index (κ1) is 13.8. The Bertz CT molecular complexity index is 527. The van der Waals surface area contributed by atoms with Gasteiger partial charge < -0.3 is 0 Å². The van der Waals surface area contributed by atoms with Crippen LogP contribution >= 0.6 is 0 Å². The van der Waals surface area contributed by atoms with Crippen LogP contribution in [0.15, 0.2) is 18.3 Å². The monoisotopic (exact) mass is 262 g/mol. The molecule has 0 aromatic carbocycles. The summed E-state index contributed by atoms with van der Waals surface area (Å²) < 4.78 is 3.87. The zero-order chi connectivity index (χ0) is 13.8. The summed E-state index contributed by atoms with van der Waals surface area (Å²) in [7, 11) is 1.94. The number of nitrogens with two attached hydrogens (primary N) is 1. The van der Waals surface area contributed by atoms with Crippen LogP contribution in [0.1, 0.15) is 43.4 Å². The fourth-order valence-electron chi connectivity index (χ4n) is 2.30. The third kappa shape index (κ3) is 2.69. The molecule has 6 heteroatoms. The third-order valence-corrected chi connectivity index (χ3v) is 3.27. The molecule has 2 aromatic rings. The van der Waals surface area contributed by atoms with E-state index in [9.17, 15) is 0 Å². The van der Waals surface area contributed by atoms with Crippen LogP contribution in [0, 0.1) is 0 Å². The number of aromatic nitrogens is 4. The lowest BCUT2D eigenvalue weighted by atomic mass is 10.1. The highest BCUT2D eigenvalue weighted by Crippen LogP contribution is 2.22. The van der Waals surface area contributed by atoms with Gasteiger partial charge in [0.15, 0.2) is 0 Å². The number of hydrogen-bond donors (Lipinski definition) is 2. The normalized spacial score (nSPS) is 12.8. The highest BCUT2D eigenvalue weighted by Gasteiger charge is 2.20. The quantitative estimate of drug-likeness (QED) is 0.605. The molecule has 19 heavy (non-hydrogen) atoms. The number of aryl methyl sites for hydroxylation is 3. The molecule has 0 radical (unpaired) electrons. The lowest BCUT2D eigenvalue weighted by molar-refractivity contribution is 0.500. The van der Waals surface area contributed by atoms with Crippen molar-refractivity contribution in [1.82, 2.24) is 25.0 Å². The molecule has 104 valence electrons. The zero-order valence-electron chi connectivity index (χ0n) is 11.8. The van der Waals surface area contributed by atoms with Crippen molar-refractivity contribution < 1.29 is 0 Å². The van der Waals surface area contributed by atoms with Gasteiger partial charge in [-0.25, -0.2) is 5.43 Å². The molecule has 1 atom stereocenters. The van der Waals surface area contributed by atoms with Crippen molar-refractivity contribution in [3.05, 3.63) is 35.4 Å². The lowest BCUT2D eigenvalue weighted by Crippen LogP contribution is -2.32. The van der Waals surface area contributed by atoms with Gasteiger partial charge in [0.05, 0.1) is 17.1 Å². The summed E-state index contributed by atoms with van der Waals surface area (Å²) in [6, 6.07) is 4.00. The highest BCUT2D eigenvalue weighted by molar-refractivity contribution is 5.24. The van der Waals surface area contributed by atoms with Crippen LogP contribution in [-0.4, -0.2) is 19.6 Å². The largest absolute Gasteiger partial charge is 0.270 e. The van der Waals surface area contributed by atoms with Crippen LogP contribution in [-0.2, 0) is 20.0 Å². The van der Waals surface area contributed by atoms with E-state index >= 15 is 0 Å². The van der Waals surface area contributed by atoms with Crippen molar-refractivity contribution in [2.75, 3.05) is 0 Å². The van der Waals surface area contributed by atoms with Crippen LogP contribution in [0.2, 0.25) is 0 Å². The second kappa shape index (κ2) is 5.99. The molecular weight excluding hydrogens is 240 g/mol. The average Bonchev–Trinajstić information content (AvgIpc) is 3.00. The highest BCUT2D eigenvalue weighted by atomic mass is 15.3. The van der Waals surface area contributed by atoms with Gasteiger partial charge in [-0.3, -0.25) is 15.2 Å². The summed E-state index contributed by atoms with van der Waals surface area (Å²) in [4.78, 5) is 0. The molecule has 0 fully saturated rings. The number of hydrogen-bond acceptors (Lipinski definition) is 4. The summed E-state index contributed by atoms with van der Waals surface area (Å²) in [6.07, 6.45) is 3.77. The van der Waals surface area contributed by atoms with Crippen molar-refractivity contribution in [2.24, 2.45) is 12.9 Å². The Morgan fingerprint density at radius 3 is 2.74 bits per heavy atom. The van der Waals surface area contributed by atoms with Gasteiger partial charge in [-0.2, -0.15) is 10.2 Å². The standard InChI is InChI=1S/C13H22N6/c1-4-8-19-11(6-7-15-19)13(16-14)12-9-10(5-2)17-18(12)3/h6-7,9,13,16H,4-5,8,14H2,1-3H3. The van der Waals surface area contributed by atoms with E-state index < -0.39 is 0 Å². The lowest BCUT2D eigenvalue weighted by Gasteiger charge is -2.17. The van der Waals surface area contributed by atoms with Crippen LogP contribution in [0.25, 0.3) is 0 Å². The van der Waals surface area contributed by atoms with Gasteiger partial charge in [-0.1, -0.05) is 13.8 Å². The molecule has 0 aliphatic carbocycles. The summed E-state index contributed by atoms with van der Waals surface area (Å²) in [5.41, 5.74) is 6.06. The Morgan fingerprint density at radius 2 is 2.16 bits per heavy atom. The van der Waals surface area contributed by atoms with E-state index in [4.69, 9.17) is 5.84 Å². The molecular formula is C13H22N6. The molecule has 0 saturated carbocycles. The minimum absolute atomic E-state index is 0.0909. The van der Waals surface area contributed by atoms with Crippen molar-refractivity contribution in [3.63, 3.8) is 0 Å². The second-order valence-electron chi connectivity index (χ2n) is 4.62. The third-order valence-electron chi connectivity index (χ3n) is 3.27. The number of hydrazine groups is 1. The predicted molar refractivity (Wildman–Crippen MR) is 74.3 cm³/mol. The minimum atomic E-state index is -0.0909. The Labute approximate surface area is 113 Å². The SMILES string of the molecule is CCCn1nccc1C(NN)c1cc(CC)nn1C. The van der Waals surface area contributed by atoms with Crippen LogP contribution in [0.4, 0.5) is 0 Å². The van der Waals surface area contributed by atoms with Gasteiger partial charge in [0, 0.05) is 19.8 Å². The number of nitrogens with one attached hydrogen (secondary N) is 1. The topological polar surface area (TPSA) is 73.7 Å². The molecule has 0 bridgehead atoms. The smallest absolute Gasteiger partial charge is 0.104 e. The average molecular weight is 262 g/mol. The molecule has 3 N–H and O–H groups in total. The first-order chi connectivity index (χ1) is 9.21. The van der Waals surface area contributed by atoms with Gasteiger partial charge in [-0.15, -0.1) is 0 Å². The Balaban J connectivity index is 2.37. The maximum Gasteiger partial charge on any atom is 0.104 e. The van der Waals surface area contributed by atoms with Crippen molar-refractivity contribution >= 4 is 0 Å². The first-order valence-electron chi connectivity index (χ1n) is 6.71. The molecule has 0 aliphatic rings. The first-order valence-corrected chi connectivity index (χ1v) is 6.71. The Morgan fingerprint density at radius 1 is 1.37 bits per heavy atom. The van der Waals surface area contributed by atoms with E-state index in [1.807, 2.05) is 28.7 Å². The maximum atomic E-state index is 5.75. The van der Waals surface area contributed by atoms with Crippen LogP contribution in [0.5, 0.6) is 0 Å². The maximum absolute atomic E-state index is 5.75. The summed E-state index contributed by atoms with van der Waals surface area (Å²) in [5.74, 6) is 5.75. The molecule has 1 unspecified atom stereocenters. The molecule has 0 saturated heterocycles. The van der Waals surface area contributed by atoms with Crippen molar-refractivity contribution in [3.8, 4) is 0 Å².